The van der Waals surface area contributed by atoms with Crippen molar-refractivity contribution in [1.29, 1.82) is 0 Å². The molecule has 1 amide bonds. The van der Waals surface area contributed by atoms with Gasteiger partial charge in [0.15, 0.2) is 0 Å². The molecule has 1 spiro atoms. The zero-order valence-corrected chi connectivity index (χ0v) is 18.4. The number of hydrogen-bond donors (Lipinski definition) is 1. The number of carbonyl (C=O) groups is 1. The Morgan fingerprint density at radius 1 is 0.970 bits per heavy atom. The van der Waals surface area contributed by atoms with Crippen molar-refractivity contribution in [2.45, 2.75) is 24.9 Å². The largest absolute Gasteiger partial charge is 0.445 e. The Morgan fingerprint density at radius 3 is 2.61 bits per heavy atom. The van der Waals surface area contributed by atoms with Gasteiger partial charge in [0.05, 0.1) is 5.69 Å². The summed E-state index contributed by atoms with van der Waals surface area (Å²) in [6.45, 7) is 2.62. The molecule has 0 radical (unpaired) electrons. The van der Waals surface area contributed by atoms with Gasteiger partial charge in [0.2, 0.25) is 0 Å². The number of piperidine rings is 1. The van der Waals surface area contributed by atoms with Gasteiger partial charge in [-0.1, -0.05) is 48.5 Å². The standard InChI is InChI=1S/C27H26N4O2/c32-26(33-18-20-6-2-1-3-7-20)30-16-12-27(13-17-30)19-31(24-9-5-4-8-22(24)27)23-11-15-29-25-21(23)10-14-28-25/h1-11,14-15H,12-13,16-19H2,(H,28,29). The molecule has 2 aromatic carbocycles. The van der Waals surface area contributed by atoms with Gasteiger partial charge in [-0.05, 0) is 42.2 Å². The first kappa shape index (κ1) is 19.9. The number of likely N-dealkylation sites (tertiary alicyclic amines) is 1. The summed E-state index contributed by atoms with van der Waals surface area (Å²) in [6.07, 6.45) is 5.43. The lowest BCUT2D eigenvalue weighted by molar-refractivity contribution is 0.0791. The second kappa shape index (κ2) is 7.96. The van der Waals surface area contributed by atoms with Crippen LogP contribution in [0.25, 0.3) is 11.0 Å². The van der Waals surface area contributed by atoms with E-state index < -0.39 is 0 Å². The molecule has 0 bridgehead atoms. The van der Waals surface area contributed by atoms with Crippen molar-refractivity contribution < 1.29 is 9.53 Å². The van der Waals surface area contributed by atoms with Crippen molar-refractivity contribution in [3.05, 3.63) is 90.3 Å². The Labute approximate surface area is 192 Å². The molecule has 4 aromatic rings. The maximum Gasteiger partial charge on any atom is 0.410 e. The summed E-state index contributed by atoms with van der Waals surface area (Å²) in [6, 6.07) is 22.7. The molecule has 2 aromatic heterocycles. The molecule has 6 rings (SSSR count). The van der Waals surface area contributed by atoms with Crippen LogP contribution in [0.2, 0.25) is 0 Å². The number of para-hydroxylation sites is 1. The quantitative estimate of drug-likeness (QED) is 0.466. The predicted molar refractivity (Wildman–Crippen MR) is 129 cm³/mol. The molecule has 6 heteroatoms. The Morgan fingerprint density at radius 2 is 1.76 bits per heavy atom. The van der Waals surface area contributed by atoms with Crippen molar-refractivity contribution in [2.24, 2.45) is 0 Å². The number of rotatable bonds is 3. The minimum absolute atomic E-state index is 0.0265. The molecule has 166 valence electrons. The maximum absolute atomic E-state index is 12.7. The highest BCUT2D eigenvalue weighted by Crippen LogP contribution is 2.50. The number of hydrogen-bond acceptors (Lipinski definition) is 4. The second-order valence-corrected chi connectivity index (χ2v) is 8.98. The molecule has 6 nitrogen and oxygen atoms in total. The van der Waals surface area contributed by atoms with Gasteiger partial charge in [-0.3, -0.25) is 0 Å². The van der Waals surface area contributed by atoms with E-state index in [2.05, 4.69) is 51.3 Å². The lowest BCUT2D eigenvalue weighted by Gasteiger charge is -2.39. The van der Waals surface area contributed by atoms with Crippen molar-refractivity contribution in [1.82, 2.24) is 14.9 Å². The number of anilines is 2. The van der Waals surface area contributed by atoms with Gasteiger partial charge in [-0.15, -0.1) is 0 Å². The summed E-state index contributed by atoms with van der Waals surface area (Å²) in [7, 11) is 0. The average Bonchev–Trinajstić information content (AvgIpc) is 3.47. The summed E-state index contributed by atoms with van der Waals surface area (Å²) in [4.78, 5) is 24.7. The Hall–Kier alpha value is -3.80. The second-order valence-electron chi connectivity index (χ2n) is 8.98. The van der Waals surface area contributed by atoms with E-state index >= 15 is 0 Å². The van der Waals surface area contributed by atoms with Gasteiger partial charge in [-0.25, -0.2) is 9.78 Å². The van der Waals surface area contributed by atoms with Crippen LogP contribution in [-0.2, 0) is 16.8 Å². The maximum atomic E-state index is 12.7. The molecule has 0 saturated carbocycles. The SMILES string of the molecule is O=C(OCc1ccccc1)N1CCC2(CC1)CN(c1ccnc3[nH]ccc13)c1ccccc12. The number of pyridine rings is 1. The fourth-order valence-corrected chi connectivity index (χ4v) is 5.38. The van der Waals surface area contributed by atoms with Gasteiger partial charge in [0, 0.05) is 48.5 Å². The number of nitrogens with one attached hydrogen (secondary N) is 1. The van der Waals surface area contributed by atoms with Crippen LogP contribution in [0.3, 0.4) is 0 Å². The average molecular weight is 439 g/mol. The number of fused-ring (bicyclic) bond motifs is 3. The Kier molecular flexibility index (Phi) is 4.79. The summed E-state index contributed by atoms with van der Waals surface area (Å²) < 4.78 is 5.58. The highest BCUT2D eigenvalue weighted by molar-refractivity contribution is 5.93. The number of carbonyl (C=O) groups excluding carboxylic acids is 1. The molecular weight excluding hydrogens is 412 g/mol. The van der Waals surface area contributed by atoms with Crippen LogP contribution in [0.15, 0.2) is 79.1 Å². The molecule has 1 saturated heterocycles. The van der Waals surface area contributed by atoms with E-state index in [4.69, 9.17) is 4.74 Å². The number of ether oxygens (including phenoxy) is 1. The van der Waals surface area contributed by atoms with Crippen LogP contribution >= 0.6 is 0 Å². The van der Waals surface area contributed by atoms with Crippen molar-refractivity contribution in [2.75, 3.05) is 24.5 Å². The number of benzene rings is 2. The number of amides is 1. The Balaban J connectivity index is 1.21. The molecule has 0 aliphatic carbocycles. The van der Waals surface area contributed by atoms with E-state index in [9.17, 15) is 4.79 Å². The lowest BCUT2D eigenvalue weighted by Crippen LogP contribution is -2.47. The number of nitrogens with zero attached hydrogens (tertiary/aromatic N) is 3. The Bertz CT molecular complexity index is 1290. The van der Waals surface area contributed by atoms with Crippen LogP contribution in [-0.4, -0.2) is 40.6 Å². The summed E-state index contributed by atoms with van der Waals surface area (Å²) in [5.74, 6) is 0. The molecule has 2 aliphatic rings. The lowest BCUT2D eigenvalue weighted by atomic mass is 9.74. The molecule has 1 fully saturated rings. The van der Waals surface area contributed by atoms with E-state index in [0.717, 1.165) is 36.0 Å². The third-order valence-electron chi connectivity index (χ3n) is 7.14. The van der Waals surface area contributed by atoms with Gasteiger partial charge in [-0.2, -0.15) is 0 Å². The van der Waals surface area contributed by atoms with Crippen molar-refractivity contribution in [3.63, 3.8) is 0 Å². The monoisotopic (exact) mass is 438 g/mol. The van der Waals surface area contributed by atoms with E-state index in [0.29, 0.717) is 19.7 Å². The fourth-order valence-electron chi connectivity index (χ4n) is 5.38. The summed E-state index contributed by atoms with van der Waals surface area (Å²) in [5.41, 5.74) is 5.75. The number of aromatic nitrogens is 2. The summed E-state index contributed by atoms with van der Waals surface area (Å²) in [5, 5.41) is 1.13. The predicted octanol–water partition coefficient (Wildman–Crippen LogP) is 5.39. The van der Waals surface area contributed by atoms with Gasteiger partial charge in [0.1, 0.15) is 12.3 Å². The van der Waals surface area contributed by atoms with Crippen LogP contribution in [0.4, 0.5) is 16.2 Å². The number of aromatic amines is 1. The summed E-state index contributed by atoms with van der Waals surface area (Å²) >= 11 is 0. The normalized spacial score (nSPS) is 16.8. The van der Waals surface area contributed by atoms with E-state index in [1.54, 1.807) is 0 Å². The van der Waals surface area contributed by atoms with Crippen LogP contribution in [0.1, 0.15) is 24.0 Å². The third-order valence-corrected chi connectivity index (χ3v) is 7.14. The van der Waals surface area contributed by atoms with Crippen LogP contribution in [0, 0.1) is 0 Å². The first-order chi connectivity index (χ1) is 16.2. The zero-order valence-electron chi connectivity index (χ0n) is 18.4. The minimum Gasteiger partial charge on any atom is -0.445 e. The number of H-pyrrole nitrogens is 1. The van der Waals surface area contributed by atoms with Crippen molar-refractivity contribution in [3.8, 4) is 0 Å². The topological polar surface area (TPSA) is 61.5 Å². The minimum atomic E-state index is -0.222. The smallest absolute Gasteiger partial charge is 0.410 e. The highest BCUT2D eigenvalue weighted by atomic mass is 16.6. The van der Waals surface area contributed by atoms with E-state index in [1.165, 1.54) is 16.9 Å². The molecule has 4 heterocycles. The highest BCUT2D eigenvalue weighted by Gasteiger charge is 2.46. The van der Waals surface area contributed by atoms with Crippen molar-refractivity contribution >= 4 is 28.5 Å². The van der Waals surface area contributed by atoms with Crippen LogP contribution < -0.4 is 4.90 Å². The molecule has 2 aliphatic heterocycles. The fraction of sp³-hybridized carbons (Fsp3) is 0.259. The van der Waals surface area contributed by atoms with Gasteiger partial charge < -0.3 is 19.5 Å². The van der Waals surface area contributed by atoms with Gasteiger partial charge in [0.25, 0.3) is 0 Å². The zero-order chi connectivity index (χ0) is 22.3. The van der Waals surface area contributed by atoms with Crippen LogP contribution in [0.5, 0.6) is 0 Å². The third kappa shape index (κ3) is 3.42. The molecule has 33 heavy (non-hydrogen) atoms. The molecular formula is C27H26N4O2. The molecule has 0 unspecified atom stereocenters. The molecule has 0 atom stereocenters. The van der Waals surface area contributed by atoms with Gasteiger partial charge >= 0.3 is 6.09 Å². The van der Waals surface area contributed by atoms with E-state index in [-0.39, 0.29) is 11.5 Å². The van der Waals surface area contributed by atoms with E-state index in [1.807, 2.05) is 47.6 Å². The first-order valence-corrected chi connectivity index (χ1v) is 11.5. The first-order valence-electron chi connectivity index (χ1n) is 11.5. The molecule has 1 N–H and O–H groups in total.